The fourth-order valence-electron chi connectivity index (χ4n) is 4.08. The molecule has 1 aromatic heterocycles. The zero-order valence-electron chi connectivity index (χ0n) is 16.5. The number of nitrogens with one attached hydrogen (secondary N) is 2. The van der Waals surface area contributed by atoms with Crippen molar-refractivity contribution in [3.63, 3.8) is 0 Å². The van der Waals surface area contributed by atoms with Gasteiger partial charge in [0.1, 0.15) is 5.69 Å². The highest BCUT2D eigenvalue weighted by atomic mass is 35.5. The number of nitro benzene ring substituents is 1. The molecule has 30 heavy (non-hydrogen) atoms. The number of fused-ring (bicyclic) bond motifs is 1. The van der Waals surface area contributed by atoms with Gasteiger partial charge in [0.05, 0.1) is 16.7 Å². The van der Waals surface area contributed by atoms with E-state index in [0.717, 1.165) is 18.8 Å². The number of amides is 1. The third kappa shape index (κ3) is 4.83. The number of likely N-dealkylation sites (tertiary alicyclic amines) is 1. The summed E-state index contributed by atoms with van der Waals surface area (Å²) in [6, 6.07) is 10.0. The third-order valence-corrected chi connectivity index (χ3v) is 5.62. The molecule has 2 fully saturated rings. The van der Waals surface area contributed by atoms with E-state index in [2.05, 4.69) is 15.6 Å². The van der Waals surface area contributed by atoms with Crippen LogP contribution in [-0.4, -0.2) is 46.9 Å². The number of carbonyl (C=O) groups is 1. The van der Waals surface area contributed by atoms with Crippen molar-refractivity contribution in [2.45, 2.75) is 13.0 Å². The molecule has 2 aliphatic heterocycles. The number of anilines is 1. The summed E-state index contributed by atoms with van der Waals surface area (Å²) in [5.74, 6) is 0.833. The summed E-state index contributed by atoms with van der Waals surface area (Å²) < 4.78 is 0. The highest BCUT2D eigenvalue weighted by molar-refractivity contribution is 5.96. The van der Waals surface area contributed by atoms with Gasteiger partial charge in [0.25, 0.3) is 11.6 Å². The highest BCUT2D eigenvalue weighted by Gasteiger charge is 2.38. The molecule has 1 aromatic carbocycles. The number of benzene rings is 1. The summed E-state index contributed by atoms with van der Waals surface area (Å²) in [4.78, 5) is 30.1. The molecule has 0 radical (unpaired) electrons. The van der Waals surface area contributed by atoms with Crippen molar-refractivity contribution in [3.8, 4) is 0 Å². The van der Waals surface area contributed by atoms with E-state index in [4.69, 9.17) is 0 Å². The van der Waals surface area contributed by atoms with Gasteiger partial charge in [-0.3, -0.25) is 19.9 Å². The van der Waals surface area contributed by atoms with Crippen LogP contribution in [0.15, 0.2) is 42.6 Å². The molecule has 1 unspecified atom stereocenters. The Kier molecular flexibility index (Phi) is 8.00. The van der Waals surface area contributed by atoms with Crippen molar-refractivity contribution in [2.24, 2.45) is 11.8 Å². The summed E-state index contributed by atoms with van der Waals surface area (Å²) in [6.45, 7) is 5.18. The third-order valence-electron chi connectivity index (χ3n) is 5.62. The van der Waals surface area contributed by atoms with Crippen molar-refractivity contribution in [3.05, 3.63) is 64.0 Å². The van der Waals surface area contributed by atoms with E-state index in [1.54, 1.807) is 18.3 Å². The molecule has 3 atom stereocenters. The monoisotopic (exact) mass is 453 g/mol. The van der Waals surface area contributed by atoms with Crippen LogP contribution in [0.3, 0.4) is 0 Å². The fraction of sp³-hybridized carbons (Fsp3) is 0.400. The smallest absolute Gasteiger partial charge is 0.293 e. The predicted molar refractivity (Wildman–Crippen MR) is 120 cm³/mol. The maximum atomic E-state index is 12.9. The number of nitro groups is 1. The zero-order chi connectivity index (χ0) is 19.7. The van der Waals surface area contributed by atoms with Crippen LogP contribution in [-0.2, 0) is 0 Å². The van der Waals surface area contributed by atoms with Crippen molar-refractivity contribution in [2.75, 3.05) is 31.5 Å². The molecule has 2 aromatic rings. The fourth-order valence-corrected chi connectivity index (χ4v) is 4.08. The lowest BCUT2D eigenvalue weighted by atomic mass is 10.0. The van der Waals surface area contributed by atoms with Gasteiger partial charge < -0.3 is 15.5 Å². The van der Waals surface area contributed by atoms with Gasteiger partial charge in [0, 0.05) is 44.0 Å². The second kappa shape index (κ2) is 10.1. The Morgan fingerprint density at radius 1 is 1.23 bits per heavy atom. The highest BCUT2D eigenvalue weighted by Crippen LogP contribution is 2.31. The Balaban J connectivity index is 0.00000160. The first-order valence-electron chi connectivity index (χ1n) is 9.49. The first kappa shape index (κ1) is 23.9. The number of rotatable bonds is 5. The molecule has 0 bridgehead atoms. The molecule has 10 heteroatoms. The van der Waals surface area contributed by atoms with Gasteiger partial charge in [-0.15, -0.1) is 24.8 Å². The predicted octanol–water partition coefficient (Wildman–Crippen LogP) is 3.30. The maximum Gasteiger partial charge on any atom is 0.293 e. The lowest BCUT2D eigenvalue weighted by Gasteiger charge is -2.19. The van der Waals surface area contributed by atoms with Crippen LogP contribution in [0.4, 0.5) is 11.4 Å². The van der Waals surface area contributed by atoms with Crippen LogP contribution >= 0.6 is 24.8 Å². The average Bonchev–Trinajstić information content (AvgIpc) is 3.30. The molecule has 0 spiro atoms. The molecule has 162 valence electrons. The van der Waals surface area contributed by atoms with Gasteiger partial charge in [-0.1, -0.05) is 6.07 Å². The van der Waals surface area contributed by atoms with Crippen LogP contribution in [0.5, 0.6) is 0 Å². The number of pyridine rings is 1. The van der Waals surface area contributed by atoms with E-state index in [1.807, 2.05) is 30.0 Å². The molecule has 0 saturated carbocycles. The number of halogens is 2. The molecule has 1 amide bonds. The summed E-state index contributed by atoms with van der Waals surface area (Å²) in [6.07, 6.45) is 1.69. The van der Waals surface area contributed by atoms with Crippen LogP contribution in [0.2, 0.25) is 0 Å². The van der Waals surface area contributed by atoms with Gasteiger partial charge >= 0.3 is 0 Å². The minimum Gasteiger partial charge on any atom is -0.371 e. The molecule has 4 rings (SSSR count). The first-order valence-corrected chi connectivity index (χ1v) is 9.49. The lowest BCUT2D eigenvalue weighted by molar-refractivity contribution is -0.384. The summed E-state index contributed by atoms with van der Waals surface area (Å²) in [7, 11) is 0. The molecular weight excluding hydrogens is 429 g/mol. The van der Waals surface area contributed by atoms with Crippen molar-refractivity contribution in [1.29, 1.82) is 0 Å². The van der Waals surface area contributed by atoms with E-state index in [0.29, 0.717) is 36.2 Å². The number of hydrogen-bond acceptors (Lipinski definition) is 6. The van der Waals surface area contributed by atoms with E-state index in [9.17, 15) is 14.9 Å². The topological polar surface area (TPSA) is 100 Å². The van der Waals surface area contributed by atoms with E-state index in [-0.39, 0.29) is 42.5 Å². The number of hydrogen-bond donors (Lipinski definition) is 2. The van der Waals surface area contributed by atoms with Gasteiger partial charge in [0.2, 0.25) is 0 Å². The zero-order valence-corrected chi connectivity index (χ0v) is 18.1. The second-order valence-corrected chi connectivity index (χ2v) is 7.50. The Morgan fingerprint density at radius 2 is 1.93 bits per heavy atom. The average molecular weight is 454 g/mol. The number of carbonyl (C=O) groups excluding carboxylic acids is 1. The van der Waals surface area contributed by atoms with E-state index < -0.39 is 4.92 Å². The van der Waals surface area contributed by atoms with Gasteiger partial charge in [-0.05, 0) is 43.0 Å². The molecule has 2 aliphatic rings. The normalized spacial score (nSPS) is 20.5. The number of nitrogens with zero attached hydrogens (tertiary/aromatic N) is 3. The van der Waals surface area contributed by atoms with Crippen LogP contribution < -0.4 is 10.6 Å². The maximum absolute atomic E-state index is 12.9. The molecule has 8 nitrogen and oxygen atoms in total. The van der Waals surface area contributed by atoms with Gasteiger partial charge in [-0.2, -0.15) is 0 Å². The Bertz CT molecular complexity index is 887. The van der Waals surface area contributed by atoms with Crippen molar-refractivity contribution in [1.82, 2.24) is 15.2 Å². The molecular formula is C20H25Cl2N5O3. The SMILES string of the molecule is CC(Nc1ccc(C(=O)N2C[C@H]3CNC[C@H]3C2)cc1[N+](=O)[O-])c1ccccn1.Cl.Cl. The molecule has 2 saturated heterocycles. The van der Waals surface area contributed by atoms with Gasteiger partial charge in [-0.25, -0.2) is 0 Å². The standard InChI is InChI=1S/C20H23N5O3.2ClH/c1-13(17-4-2-3-7-22-17)23-18-6-5-14(8-19(18)25(27)28)20(26)24-11-15-9-21-10-16(15)12-24;;/h2-8,13,15-16,21,23H,9-12H2,1H3;2*1H/t13?,15-,16+;;. The van der Waals surface area contributed by atoms with Crippen molar-refractivity contribution < 1.29 is 9.72 Å². The summed E-state index contributed by atoms with van der Waals surface area (Å²) in [5.41, 5.74) is 1.42. The van der Waals surface area contributed by atoms with Crippen LogP contribution in [0.25, 0.3) is 0 Å². The second-order valence-electron chi connectivity index (χ2n) is 7.50. The molecule has 3 heterocycles. The van der Waals surface area contributed by atoms with Crippen molar-refractivity contribution >= 4 is 42.1 Å². The minimum atomic E-state index is -0.451. The van der Waals surface area contributed by atoms with Crippen LogP contribution in [0, 0.1) is 22.0 Å². The van der Waals surface area contributed by atoms with E-state index >= 15 is 0 Å². The number of aromatic nitrogens is 1. The lowest BCUT2D eigenvalue weighted by Crippen LogP contribution is -2.31. The summed E-state index contributed by atoms with van der Waals surface area (Å²) >= 11 is 0. The van der Waals surface area contributed by atoms with Gasteiger partial charge in [0.15, 0.2) is 0 Å². The summed E-state index contributed by atoms with van der Waals surface area (Å²) in [5, 5.41) is 18.1. The Morgan fingerprint density at radius 3 is 2.53 bits per heavy atom. The Labute approximate surface area is 187 Å². The minimum absolute atomic E-state index is 0. The quantitative estimate of drug-likeness (QED) is 0.531. The Hall–Kier alpha value is -2.42. The first-order chi connectivity index (χ1) is 13.5. The molecule has 0 aliphatic carbocycles. The van der Waals surface area contributed by atoms with E-state index in [1.165, 1.54) is 6.07 Å². The van der Waals surface area contributed by atoms with Crippen LogP contribution in [0.1, 0.15) is 29.0 Å². The molecule has 2 N–H and O–H groups in total. The largest absolute Gasteiger partial charge is 0.371 e.